The number of fused-ring (bicyclic) bond motifs is 1. The molecule has 3 fully saturated rings. The maximum Gasteiger partial charge on any atom is 0.410 e. The van der Waals surface area contributed by atoms with Gasteiger partial charge >= 0.3 is 6.09 Å². The van der Waals surface area contributed by atoms with Gasteiger partial charge in [0.05, 0.1) is 6.04 Å². The van der Waals surface area contributed by atoms with Gasteiger partial charge in [-0.3, -0.25) is 4.90 Å². The Morgan fingerprint density at radius 1 is 1.20 bits per heavy atom. The maximum absolute atomic E-state index is 11.7. The third-order valence-corrected chi connectivity index (χ3v) is 3.65. The van der Waals surface area contributed by atoms with Crippen LogP contribution in [0.1, 0.15) is 12.8 Å². The van der Waals surface area contributed by atoms with Gasteiger partial charge in [-0.25, -0.2) is 4.79 Å². The minimum absolute atomic E-state index is 0.0902. The predicted molar refractivity (Wildman–Crippen MR) is 54.7 cm³/mol. The maximum atomic E-state index is 11.7. The van der Waals surface area contributed by atoms with E-state index < -0.39 is 0 Å². The fourth-order valence-corrected chi connectivity index (χ4v) is 2.87. The van der Waals surface area contributed by atoms with Crippen molar-refractivity contribution in [1.29, 1.82) is 0 Å². The normalized spacial score (nSPS) is 36.8. The van der Waals surface area contributed by atoms with Crippen molar-refractivity contribution in [3.05, 3.63) is 0 Å². The number of carbonyl (C=O) groups excluding carboxylic acids is 1. The van der Waals surface area contributed by atoms with E-state index in [0.29, 0.717) is 6.04 Å². The number of hydrogen-bond acceptors (Lipinski definition) is 4. The average Bonchev–Trinajstić information content (AvgIpc) is 2.78. The second-order valence-electron chi connectivity index (χ2n) is 4.54. The molecule has 0 aromatic carbocycles. The van der Waals surface area contributed by atoms with Crippen molar-refractivity contribution in [2.45, 2.75) is 31.0 Å². The smallest absolute Gasteiger partial charge is 0.410 e. The Hall–Kier alpha value is -0.810. The fourth-order valence-electron chi connectivity index (χ4n) is 2.87. The van der Waals surface area contributed by atoms with E-state index in [0.717, 1.165) is 39.0 Å². The molecule has 5 heteroatoms. The van der Waals surface area contributed by atoms with Gasteiger partial charge in [-0.05, 0) is 25.9 Å². The fraction of sp³-hybridized carbons (Fsp3) is 0.900. The lowest BCUT2D eigenvalue weighted by Gasteiger charge is -2.32. The van der Waals surface area contributed by atoms with Crippen molar-refractivity contribution in [3.8, 4) is 0 Å². The van der Waals surface area contributed by atoms with Gasteiger partial charge < -0.3 is 15.4 Å². The molecular formula is C10H17N3O2. The monoisotopic (exact) mass is 211 g/mol. The van der Waals surface area contributed by atoms with Crippen molar-refractivity contribution in [2.75, 3.05) is 26.2 Å². The molecule has 15 heavy (non-hydrogen) atoms. The van der Waals surface area contributed by atoms with Crippen LogP contribution >= 0.6 is 0 Å². The Labute approximate surface area is 89.1 Å². The standard InChI is InChI=1S/C10H17N3O2/c14-10-13(7-1-3-11-4-2-7)8-5-12-6-9(8)15-10/h7-9,11-12H,1-6H2/t8-,9+/m0/s1. The summed E-state index contributed by atoms with van der Waals surface area (Å²) >= 11 is 0. The molecule has 0 bridgehead atoms. The Morgan fingerprint density at radius 3 is 2.80 bits per heavy atom. The molecule has 0 unspecified atom stereocenters. The number of nitrogens with zero attached hydrogens (tertiary/aromatic N) is 1. The minimum atomic E-state index is -0.0987. The lowest BCUT2D eigenvalue weighted by molar-refractivity contribution is 0.123. The number of rotatable bonds is 1. The van der Waals surface area contributed by atoms with E-state index in [4.69, 9.17) is 4.74 Å². The highest BCUT2D eigenvalue weighted by Gasteiger charge is 2.47. The summed E-state index contributed by atoms with van der Waals surface area (Å²) in [4.78, 5) is 13.7. The predicted octanol–water partition coefficient (Wildman–Crippen LogP) is -0.469. The quantitative estimate of drug-likeness (QED) is 0.616. The zero-order valence-corrected chi connectivity index (χ0v) is 8.74. The van der Waals surface area contributed by atoms with Crippen molar-refractivity contribution >= 4 is 6.09 Å². The van der Waals surface area contributed by atoms with Crippen molar-refractivity contribution in [3.63, 3.8) is 0 Å². The molecule has 3 heterocycles. The first-order chi connectivity index (χ1) is 7.36. The van der Waals surface area contributed by atoms with Crippen LogP contribution in [-0.4, -0.2) is 55.4 Å². The van der Waals surface area contributed by atoms with Crippen LogP contribution in [0.25, 0.3) is 0 Å². The Balaban J connectivity index is 1.75. The molecule has 0 radical (unpaired) electrons. The van der Waals surface area contributed by atoms with Crippen LogP contribution < -0.4 is 10.6 Å². The molecule has 2 atom stereocenters. The second-order valence-corrected chi connectivity index (χ2v) is 4.54. The molecule has 0 spiro atoms. The molecule has 3 aliphatic rings. The van der Waals surface area contributed by atoms with Crippen molar-refractivity contribution in [2.24, 2.45) is 0 Å². The van der Waals surface area contributed by atoms with Gasteiger partial charge in [0.15, 0.2) is 0 Å². The number of carbonyl (C=O) groups is 1. The number of amides is 1. The van der Waals surface area contributed by atoms with Crippen LogP contribution in [0.3, 0.4) is 0 Å². The molecule has 3 aliphatic heterocycles. The summed E-state index contributed by atoms with van der Waals surface area (Å²) in [6.07, 6.45) is 2.10. The van der Waals surface area contributed by atoms with Gasteiger partial charge in [0.2, 0.25) is 0 Å². The molecule has 0 aromatic rings. The van der Waals surface area contributed by atoms with E-state index in [1.54, 1.807) is 0 Å². The molecule has 0 saturated carbocycles. The first-order valence-electron chi connectivity index (χ1n) is 5.76. The van der Waals surface area contributed by atoms with Crippen LogP contribution in [-0.2, 0) is 4.74 Å². The zero-order chi connectivity index (χ0) is 10.3. The van der Waals surface area contributed by atoms with Crippen LogP contribution in [0, 0.1) is 0 Å². The van der Waals surface area contributed by atoms with Gasteiger partial charge in [-0.1, -0.05) is 0 Å². The summed E-state index contributed by atoms with van der Waals surface area (Å²) in [5.41, 5.74) is 0. The molecular weight excluding hydrogens is 194 g/mol. The third kappa shape index (κ3) is 1.50. The van der Waals surface area contributed by atoms with Gasteiger partial charge in [-0.2, -0.15) is 0 Å². The Morgan fingerprint density at radius 2 is 2.00 bits per heavy atom. The topological polar surface area (TPSA) is 53.6 Å². The summed E-state index contributed by atoms with van der Waals surface area (Å²) < 4.78 is 5.36. The number of nitrogens with one attached hydrogen (secondary N) is 2. The summed E-state index contributed by atoms with van der Waals surface area (Å²) in [7, 11) is 0. The highest BCUT2D eigenvalue weighted by molar-refractivity contribution is 5.71. The van der Waals surface area contributed by atoms with Crippen LogP contribution in [0.5, 0.6) is 0 Å². The molecule has 84 valence electrons. The van der Waals surface area contributed by atoms with Crippen LogP contribution in [0.4, 0.5) is 4.79 Å². The van der Waals surface area contributed by atoms with E-state index in [9.17, 15) is 4.79 Å². The third-order valence-electron chi connectivity index (χ3n) is 3.65. The van der Waals surface area contributed by atoms with Crippen molar-refractivity contribution in [1.82, 2.24) is 15.5 Å². The molecule has 3 rings (SSSR count). The molecule has 1 amide bonds. The molecule has 0 aromatic heterocycles. The van der Waals surface area contributed by atoms with Gasteiger partial charge in [0, 0.05) is 19.1 Å². The van der Waals surface area contributed by atoms with Crippen LogP contribution in [0.2, 0.25) is 0 Å². The summed E-state index contributed by atoms with van der Waals surface area (Å²) in [5.74, 6) is 0. The summed E-state index contributed by atoms with van der Waals surface area (Å²) in [6, 6.07) is 0.661. The Bertz CT molecular complexity index is 265. The van der Waals surface area contributed by atoms with E-state index in [1.165, 1.54) is 0 Å². The lowest BCUT2D eigenvalue weighted by Crippen LogP contribution is -2.49. The summed E-state index contributed by atoms with van der Waals surface area (Å²) in [5, 5.41) is 6.60. The number of hydrogen-bond donors (Lipinski definition) is 2. The Kier molecular flexibility index (Phi) is 2.29. The number of piperidine rings is 1. The average molecular weight is 211 g/mol. The van der Waals surface area contributed by atoms with Gasteiger partial charge in [0.25, 0.3) is 0 Å². The zero-order valence-electron chi connectivity index (χ0n) is 8.74. The largest absolute Gasteiger partial charge is 0.442 e. The van der Waals surface area contributed by atoms with E-state index in [2.05, 4.69) is 10.6 Å². The lowest BCUT2D eigenvalue weighted by atomic mass is 10.0. The van der Waals surface area contributed by atoms with Gasteiger partial charge in [0.1, 0.15) is 6.10 Å². The first-order valence-corrected chi connectivity index (χ1v) is 5.76. The summed E-state index contributed by atoms with van der Waals surface area (Å²) in [6.45, 7) is 3.73. The van der Waals surface area contributed by atoms with Gasteiger partial charge in [-0.15, -0.1) is 0 Å². The molecule has 2 N–H and O–H groups in total. The minimum Gasteiger partial charge on any atom is -0.442 e. The van der Waals surface area contributed by atoms with Crippen LogP contribution in [0.15, 0.2) is 0 Å². The molecule has 5 nitrogen and oxygen atoms in total. The highest BCUT2D eigenvalue weighted by Crippen LogP contribution is 2.27. The van der Waals surface area contributed by atoms with E-state index >= 15 is 0 Å². The number of ether oxygens (including phenoxy) is 1. The first kappa shape index (κ1) is 9.42. The second kappa shape index (κ2) is 3.64. The molecule has 3 saturated heterocycles. The van der Waals surface area contributed by atoms with E-state index in [1.807, 2.05) is 4.90 Å². The highest BCUT2D eigenvalue weighted by atomic mass is 16.6. The SMILES string of the molecule is O=C1O[C@@H]2CNC[C@@H]2N1C1CCNCC1. The van der Waals surface area contributed by atoms with Crippen molar-refractivity contribution < 1.29 is 9.53 Å². The van der Waals surface area contributed by atoms with E-state index in [-0.39, 0.29) is 18.2 Å². The molecule has 0 aliphatic carbocycles.